The summed E-state index contributed by atoms with van der Waals surface area (Å²) in [5.74, 6) is -2.41. The molecule has 0 bridgehead atoms. The average molecular weight is 585 g/mol. The number of alkyl halides is 5. The van der Waals surface area contributed by atoms with Crippen molar-refractivity contribution in [1.29, 1.82) is 0 Å². The molecule has 0 spiro atoms. The van der Waals surface area contributed by atoms with Crippen LogP contribution in [0.2, 0.25) is 5.02 Å². The number of rotatable bonds is 4. The fourth-order valence-electron chi connectivity index (χ4n) is 6.16. The molecule has 3 aliphatic rings. The first-order valence-electron chi connectivity index (χ1n) is 12.8. The molecule has 8 nitrogen and oxygen atoms in total. The number of benzene rings is 1. The SMILES string of the molecule is Cc1cc(N)nc(-c2cc3nc(OC[C@]45CCCN4CC(F)(F)C5)nc4c3c(c2Cl)OCCN4C)c1C(F)(F)F. The zero-order chi connectivity index (χ0) is 28.6. The molecule has 0 radical (unpaired) electrons. The molecule has 40 heavy (non-hydrogen) atoms. The van der Waals surface area contributed by atoms with Crippen LogP contribution in [0, 0.1) is 6.92 Å². The summed E-state index contributed by atoms with van der Waals surface area (Å²) in [5.41, 5.74) is 3.61. The number of aromatic nitrogens is 3. The van der Waals surface area contributed by atoms with Crippen molar-refractivity contribution in [2.45, 2.75) is 43.8 Å². The lowest BCUT2D eigenvalue weighted by Gasteiger charge is -2.30. The molecule has 2 fully saturated rings. The van der Waals surface area contributed by atoms with Crippen molar-refractivity contribution in [2.24, 2.45) is 0 Å². The number of nitrogens with zero attached hydrogens (tertiary/aromatic N) is 5. The number of aryl methyl sites for hydroxylation is 1. The number of ether oxygens (including phenoxy) is 2. The van der Waals surface area contributed by atoms with Gasteiger partial charge in [0.2, 0.25) is 0 Å². The average Bonchev–Trinajstić information content (AvgIpc) is 3.26. The van der Waals surface area contributed by atoms with Gasteiger partial charge in [0.15, 0.2) is 5.75 Å². The van der Waals surface area contributed by atoms with Gasteiger partial charge in [-0.05, 0) is 44.0 Å². The normalized spacial score (nSPS) is 22.4. The van der Waals surface area contributed by atoms with E-state index < -0.39 is 28.9 Å². The number of anilines is 2. The summed E-state index contributed by atoms with van der Waals surface area (Å²) in [7, 11) is 1.77. The standard InChI is InChI=1S/C26H26ClF5N6O2/c1-13-8-16(33)35-20(18(13)26(30,31)32)14-9-15-17-21(19(14)27)39-7-6-37(2)22(17)36-23(34-15)40-12-24-4-3-5-38(24)11-25(28,29)10-24/h8-9H,3-7,10-12H2,1-2H3,(H2,33,35)/t24-/m1/s1. The van der Waals surface area contributed by atoms with Crippen LogP contribution in [0.15, 0.2) is 12.1 Å². The number of nitrogens with two attached hydrogens (primary N) is 1. The van der Waals surface area contributed by atoms with E-state index in [1.165, 1.54) is 13.0 Å². The van der Waals surface area contributed by atoms with Crippen LogP contribution >= 0.6 is 11.6 Å². The first-order chi connectivity index (χ1) is 18.8. The van der Waals surface area contributed by atoms with E-state index in [1.54, 1.807) is 16.8 Å². The van der Waals surface area contributed by atoms with E-state index in [0.29, 0.717) is 30.7 Å². The second-order valence-electron chi connectivity index (χ2n) is 10.7. The molecule has 5 heterocycles. The van der Waals surface area contributed by atoms with Crippen LogP contribution in [-0.4, -0.2) is 71.2 Å². The van der Waals surface area contributed by atoms with Crippen LogP contribution in [-0.2, 0) is 6.18 Å². The summed E-state index contributed by atoms with van der Waals surface area (Å²) in [6.45, 7) is 2.05. The lowest BCUT2D eigenvalue weighted by Crippen LogP contribution is -2.43. The van der Waals surface area contributed by atoms with Gasteiger partial charge < -0.3 is 20.1 Å². The van der Waals surface area contributed by atoms with Crippen LogP contribution in [0.4, 0.5) is 33.6 Å². The molecule has 1 aromatic carbocycles. The number of pyridine rings is 1. The van der Waals surface area contributed by atoms with E-state index in [1.807, 2.05) is 0 Å². The van der Waals surface area contributed by atoms with Gasteiger partial charge in [-0.2, -0.15) is 23.1 Å². The first-order valence-corrected chi connectivity index (χ1v) is 13.1. The van der Waals surface area contributed by atoms with E-state index in [0.717, 1.165) is 12.5 Å². The van der Waals surface area contributed by atoms with Crippen LogP contribution in [0.25, 0.3) is 22.2 Å². The molecular weight excluding hydrogens is 559 g/mol. The van der Waals surface area contributed by atoms with Gasteiger partial charge in [-0.1, -0.05) is 11.6 Å². The minimum absolute atomic E-state index is 0.0464. The highest BCUT2D eigenvalue weighted by molar-refractivity contribution is 6.36. The molecule has 0 aliphatic carbocycles. The fraction of sp³-hybridized carbons (Fsp3) is 0.500. The van der Waals surface area contributed by atoms with Gasteiger partial charge in [0.25, 0.3) is 5.92 Å². The monoisotopic (exact) mass is 584 g/mol. The predicted molar refractivity (Wildman–Crippen MR) is 139 cm³/mol. The molecule has 2 saturated heterocycles. The van der Waals surface area contributed by atoms with Crippen molar-refractivity contribution in [2.75, 3.05) is 50.5 Å². The second kappa shape index (κ2) is 9.16. The lowest BCUT2D eigenvalue weighted by molar-refractivity contribution is -0.137. The van der Waals surface area contributed by atoms with E-state index in [4.69, 9.17) is 26.8 Å². The lowest BCUT2D eigenvalue weighted by atomic mass is 9.94. The Hall–Kier alpha value is -3.19. The second-order valence-corrected chi connectivity index (χ2v) is 11.1. The van der Waals surface area contributed by atoms with Crippen LogP contribution < -0.4 is 20.1 Å². The summed E-state index contributed by atoms with van der Waals surface area (Å²) >= 11 is 6.69. The van der Waals surface area contributed by atoms with Gasteiger partial charge in [0.05, 0.1) is 45.8 Å². The van der Waals surface area contributed by atoms with Crippen LogP contribution in [0.5, 0.6) is 11.8 Å². The minimum atomic E-state index is -4.74. The Morgan fingerprint density at radius 1 is 1.18 bits per heavy atom. The Bertz CT molecular complexity index is 1520. The Morgan fingerprint density at radius 3 is 2.70 bits per heavy atom. The van der Waals surface area contributed by atoms with Crippen molar-refractivity contribution in [3.8, 4) is 23.0 Å². The molecule has 14 heteroatoms. The largest absolute Gasteiger partial charge is 0.489 e. The number of nitrogen functional groups attached to an aromatic ring is 1. The maximum absolute atomic E-state index is 14.3. The van der Waals surface area contributed by atoms with Gasteiger partial charge in [0, 0.05) is 19.0 Å². The molecule has 1 atom stereocenters. The smallest absolute Gasteiger partial charge is 0.418 e. The van der Waals surface area contributed by atoms with E-state index >= 15 is 0 Å². The number of fused-ring (bicyclic) bond motifs is 1. The zero-order valence-electron chi connectivity index (χ0n) is 21.7. The molecule has 0 amide bonds. The van der Waals surface area contributed by atoms with Gasteiger partial charge in [0.1, 0.15) is 24.8 Å². The molecular formula is C26H26ClF5N6O2. The molecule has 0 unspecified atom stereocenters. The topological polar surface area (TPSA) is 89.6 Å². The highest BCUT2D eigenvalue weighted by Crippen LogP contribution is 2.49. The molecule has 3 aromatic rings. The molecule has 6 rings (SSSR count). The van der Waals surface area contributed by atoms with Gasteiger partial charge in [-0.15, -0.1) is 0 Å². The predicted octanol–water partition coefficient (Wildman–Crippen LogP) is 5.34. The first kappa shape index (κ1) is 27.0. The van der Waals surface area contributed by atoms with Crippen molar-refractivity contribution in [3.05, 3.63) is 28.3 Å². The molecule has 3 aliphatic heterocycles. The minimum Gasteiger partial charge on any atom is -0.489 e. The third-order valence-corrected chi connectivity index (χ3v) is 8.25. The Kier molecular flexibility index (Phi) is 6.19. The maximum atomic E-state index is 14.3. The Morgan fingerprint density at radius 2 is 1.95 bits per heavy atom. The van der Waals surface area contributed by atoms with Gasteiger partial charge in [-0.25, -0.2) is 13.8 Å². The highest BCUT2D eigenvalue weighted by Gasteiger charge is 2.57. The number of hydrogen-bond donors (Lipinski definition) is 1. The summed E-state index contributed by atoms with van der Waals surface area (Å²) in [6, 6.07) is 2.44. The van der Waals surface area contributed by atoms with Crippen molar-refractivity contribution in [1.82, 2.24) is 19.9 Å². The summed E-state index contributed by atoms with van der Waals surface area (Å²) in [4.78, 5) is 16.6. The Balaban J connectivity index is 1.50. The van der Waals surface area contributed by atoms with Crippen molar-refractivity contribution >= 4 is 34.1 Å². The maximum Gasteiger partial charge on any atom is 0.418 e. The third kappa shape index (κ3) is 4.43. The molecule has 214 valence electrons. The number of likely N-dealkylation sites (N-methyl/N-ethyl adjacent to an activating group) is 1. The van der Waals surface area contributed by atoms with E-state index in [-0.39, 0.29) is 65.4 Å². The molecule has 2 aromatic heterocycles. The Labute approximate surface area is 231 Å². The zero-order valence-corrected chi connectivity index (χ0v) is 22.5. The number of hydrogen-bond acceptors (Lipinski definition) is 8. The molecule has 0 saturated carbocycles. The summed E-state index contributed by atoms with van der Waals surface area (Å²) < 4.78 is 82.9. The summed E-state index contributed by atoms with van der Waals surface area (Å²) in [5, 5.41) is 0.307. The molecule has 2 N–H and O–H groups in total. The van der Waals surface area contributed by atoms with E-state index in [2.05, 4.69) is 15.0 Å². The summed E-state index contributed by atoms with van der Waals surface area (Å²) in [6.07, 6.45) is -3.72. The fourth-order valence-corrected chi connectivity index (χ4v) is 6.45. The van der Waals surface area contributed by atoms with Gasteiger partial charge >= 0.3 is 12.2 Å². The number of halogens is 6. The van der Waals surface area contributed by atoms with Crippen LogP contribution in [0.3, 0.4) is 0 Å². The van der Waals surface area contributed by atoms with Gasteiger partial charge in [-0.3, -0.25) is 4.90 Å². The van der Waals surface area contributed by atoms with Crippen LogP contribution in [0.1, 0.15) is 30.4 Å². The highest BCUT2D eigenvalue weighted by atomic mass is 35.5. The quantitative estimate of drug-likeness (QED) is 0.411. The van der Waals surface area contributed by atoms with Crippen molar-refractivity contribution in [3.63, 3.8) is 0 Å². The van der Waals surface area contributed by atoms with Crippen molar-refractivity contribution < 1.29 is 31.4 Å². The van der Waals surface area contributed by atoms with E-state index in [9.17, 15) is 22.0 Å². The third-order valence-electron chi connectivity index (χ3n) is 7.87.